The molecule has 98 valence electrons. The molecule has 0 fully saturated rings. The van der Waals surface area contributed by atoms with Crippen molar-refractivity contribution in [2.24, 2.45) is 0 Å². The molecule has 2 aromatic rings. The standard InChI is InChI=1S/C13H13N3OS2/c1-8(13-14-4-5-18-13)15-9-2-3-11-10(6-9)16-12(17)7-19-11/h2-6,8,15H,7H2,1H3,(H,16,17). The molecule has 1 aliphatic heterocycles. The highest BCUT2D eigenvalue weighted by Crippen LogP contribution is 2.34. The van der Waals surface area contributed by atoms with Crippen molar-refractivity contribution in [1.29, 1.82) is 0 Å². The molecule has 2 N–H and O–H groups in total. The number of hydrogen-bond donors (Lipinski definition) is 2. The molecule has 2 heterocycles. The summed E-state index contributed by atoms with van der Waals surface area (Å²) < 4.78 is 0. The zero-order valence-corrected chi connectivity index (χ0v) is 12.0. The molecule has 0 saturated carbocycles. The van der Waals surface area contributed by atoms with Crippen molar-refractivity contribution < 1.29 is 4.79 Å². The second kappa shape index (κ2) is 5.22. The van der Waals surface area contributed by atoms with Gasteiger partial charge >= 0.3 is 0 Å². The van der Waals surface area contributed by atoms with Gasteiger partial charge in [0.05, 0.1) is 17.5 Å². The lowest BCUT2D eigenvalue weighted by Gasteiger charge is -2.19. The van der Waals surface area contributed by atoms with Crippen LogP contribution in [0, 0.1) is 0 Å². The first-order chi connectivity index (χ1) is 9.22. The third-order valence-electron chi connectivity index (χ3n) is 2.82. The van der Waals surface area contributed by atoms with Gasteiger partial charge in [-0.15, -0.1) is 23.1 Å². The van der Waals surface area contributed by atoms with E-state index in [2.05, 4.69) is 22.5 Å². The van der Waals surface area contributed by atoms with E-state index >= 15 is 0 Å². The molecule has 0 bridgehead atoms. The van der Waals surface area contributed by atoms with Crippen LogP contribution in [0.5, 0.6) is 0 Å². The van der Waals surface area contributed by atoms with Crippen molar-refractivity contribution in [1.82, 2.24) is 4.98 Å². The van der Waals surface area contributed by atoms with Crippen LogP contribution in [-0.4, -0.2) is 16.6 Å². The van der Waals surface area contributed by atoms with E-state index in [-0.39, 0.29) is 11.9 Å². The Hall–Kier alpha value is -1.53. The number of rotatable bonds is 3. The van der Waals surface area contributed by atoms with Crippen molar-refractivity contribution in [3.63, 3.8) is 0 Å². The zero-order chi connectivity index (χ0) is 13.2. The Morgan fingerprint density at radius 1 is 1.47 bits per heavy atom. The van der Waals surface area contributed by atoms with Gasteiger partial charge in [0, 0.05) is 22.2 Å². The minimum absolute atomic E-state index is 0.0580. The van der Waals surface area contributed by atoms with Crippen molar-refractivity contribution in [2.75, 3.05) is 16.4 Å². The van der Waals surface area contributed by atoms with Crippen LogP contribution in [0.3, 0.4) is 0 Å². The Morgan fingerprint density at radius 2 is 2.37 bits per heavy atom. The van der Waals surface area contributed by atoms with Crippen LogP contribution in [0.2, 0.25) is 0 Å². The van der Waals surface area contributed by atoms with Crippen molar-refractivity contribution in [2.45, 2.75) is 17.9 Å². The maximum Gasteiger partial charge on any atom is 0.234 e. The Kier molecular flexibility index (Phi) is 3.44. The zero-order valence-electron chi connectivity index (χ0n) is 10.3. The summed E-state index contributed by atoms with van der Waals surface area (Å²) in [6.07, 6.45) is 1.81. The molecule has 0 radical (unpaired) electrons. The monoisotopic (exact) mass is 291 g/mol. The van der Waals surface area contributed by atoms with E-state index in [9.17, 15) is 4.79 Å². The van der Waals surface area contributed by atoms with Crippen LogP contribution in [0.1, 0.15) is 18.0 Å². The van der Waals surface area contributed by atoms with E-state index in [4.69, 9.17) is 0 Å². The van der Waals surface area contributed by atoms with Gasteiger partial charge in [-0.1, -0.05) is 0 Å². The van der Waals surface area contributed by atoms with Gasteiger partial charge in [-0.25, -0.2) is 4.98 Å². The summed E-state index contributed by atoms with van der Waals surface area (Å²) in [5, 5.41) is 9.31. The first-order valence-corrected chi connectivity index (χ1v) is 7.81. The normalized spacial score (nSPS) is 15.5. The summed E-state index contributed by atoms with van der Waals surface area (Å²) in [4.78, 5) is 16.8. The molecule has 6 heteroatoms. The molecule has 1 amide bonds. The van der Waals surface area contributed by atoms with E-state index in [1.807, 2.05) is 29.8 Å². The van der Waals surface area contributed by atoms with Crippen LogP contribution in [0.15, 0.2) is 34.7 Å². The van der Waals surface area contributed by atoms with E-state index in [0.717, 1.165) is 21.3 Å². The van der Waals surface area contributed by atoms with Gasteiger partial charge in [0.2, 0.25) is 5.91 Å². The van der Waals surface area contributed by atoms with Gasteiger partial charge in [-0.3, -0.25) is 4.79 Å². The first-order valence-electron chi connectivity index (χ1n) is 5.95. The number of hydrogen-bond acceptors (Lipinski definition) is 5. The largest absolute Gasteiger partial charge is 0.376 e. The molecule has 1 atom stereocenters. The van der Waals surface area contributed by atoms with E-state index < -0.39 is 0 Å². The number of nitrogens with one attached hydrogen (secondary N) is 2. The molecule has 0 spiro atoms. The molecule has 0 saturated heterocycles. The minimum atomic E-state index is 0.0580. The van der Waals surface area contributed by atoms with Gasteiger partial charge in [-0.2, -0.15) is 0 Å². The molecule has 3 rings (SSSR count). The number of benzene rings is 1. The lowest BCUT2D eigenvalue weighted by molar-refractivity contribution is -0.113. The van der Waals surface area contributed by atoms with Crippen LogP contribution in [0.4, 0.5) is 11.4 Å². The summed E-state index contributed by atoms with van der Waals surface area (Å²) in [7, 11) is 0. The topological polar surface area (TPSA) is 54.0 Å². The lowest BCUT2D eigenvalue weighted by atomic mass is 10.2. The number of thioether (sulfide) groups is 1. The highest BCUT2D eigenvalue weighted by Gasteiger charge is 2.16. The molecule has 19 heavy (non-hydrogen) atoms. The maximum absolute atomic E-state index is 11.4. The number of anilines is 2. The fourth-order valence-corrected chi connectivity index (χ4v) is 3.37. The number of carbonyl (C=O) groups excluding carboxylic acids is 1. The smallest absolute Gasteiger partial charge is 0.234 e. The molecule has 0 aliphatic carbocycles. The summed E-state index contributed by atoms with van der Waals surface area (Å²) in [5.74, 6) is 0.553. The van der Waals surface area contributed by atoms with Crippen LogP contribution in [0.25, 0.3) is 0 Å². The maximum atomic E-state index is 11.4. The fourth-order valence-electron chi connectivity index (χ4n) is 1.93. The number of fused-ring (bicyclic) bond motifs is 1. The van der Waals surface area contributed by atoms with Gasteiger partial charge in [-0.05, 0) is 25.1 Å². The summed E-state index contributed by atoms with van der Waals surface area (Å²) in [6.45, 7) is 2.08. The Labute approximate surface area is 119 Å². The Morgan fingerprint density at radius 3 is 3.16 bits per heavy atom. The third kappa shape index (κ3) is 2.74. The second-order valence-electron chi connectivity index (χ2n) is 4.28. The van der Waals surface area contributed by atoms with Crippen molar-refractivity contribution >= 4 is 40.4 Å². The molecule has 1 aromatic carbocycles. The van der Waals surface area contributed by atoms with Crippen LogP contribution < -0.4 is 10.6 Å². The quantitative estimate of drug-likeness (QED) is 0.910. The molecular formula is C13H13N3OS2. The number of nitrogens with zero attached hydrogens (tertiary/aromatic N) is 1. The average molecular weight is 291 g/mol. The predicted molar refractivity (Wildman–Crippen MR) is 79.9 cm³/mol. The van der Waals surface area contributed by atoms with Crippen LogP contribution >= 0.6 is 23.1 Å². The lowest BCUT2D eigenvalue weighted by Crippen LogP contribution is -2.18. The number of amides is 1. The van der Waals surface area contributed by atoms with E-state index in [1.165, 1.54) is 0 Å². The van der Waals surface area contributed by atoms with E-state index in [1.54, 1.807) is 23.1 Å². The molecule has 1 unspecified atom stereocenters. The minimum Gasteiger partial charge on any atom is -0.376 e. The van der Waals surface area contributed by atoms with Crippen molar-refractivity contribution in [3.05, 3.63) is 34.8 Å². The summed E-state index contributed by atoms with van der Waals surface area (Å²) in [5.41, 5.74) is 1.88. The molecule has 4 nitrogen and oxygen atoms in total. The second-order valence-corrected chi connectivity index (χ2v) is 6.23. The molecule has 1 aromatic heterocycles. The highest BCUT2D eigenvalue weighted by atomic mass is 32.2. The predicted octanol–water partition coefficient (Wildman–Crippen LogP) is 3.36. The van der Waals surface area contributed by atoms with Gasteiger partial charge in [0.25, 0.3) is 0 Å². The van der Waals surface area contributed by atoms with Gasteiger partial charge in [0.1, 0.15) is 5.01 Å². The average Bonchev–Trinajstić information content (AvgIpc) is 2.92. The fraction of sp³-hybridized carbons (Fsp3) is 0.231. The van der Waals surface area contributed by atoms with Gasteiger partial charge < -0.3 is 10.6 Å². The van der Waals surface area contributed by atoms with Crippen LogP contribution in [-0.2, 0) is 4.79 Å². The number of carbonyl (C=O) groups is 1. The highest BCUT2D eigenvalue weighted by molar-refractivity contribution is 8.00. The first kappa shape index (κ1) is 12.5. The van der Waals surface area contributed by atoms with Gasteiger partial charge in [0.15, 0.2) is 0 Å². The molecular weight excluding hydrogens is 278 g/mol. The Balaban J connectivity index is 1.79. The van der Waals surface area contributed by atoms with E-state index in [0.29, 0.717) is 5.75 Å². The number of aromatic nitrogens is 1. The molecule has 1 aliphatic rings. The van der Waals surface area contributed by atoms with Crippen molar-refractivity contribution in [3.8, 4) is 0 Å². The number of thiazole rings is 1. The Bertz CT molecular complexity index is 598. The summed E-state index contributed by atoms with van der Waals surface area (Å²) >= 11 is 3.20. The third-order valence-corrected chi connectivity index (χ3v) is 4.85. The SMILES string of the molecule is CC(Nc1ccc2c(c1)NC(=O)CS2)c1nccs1. The summed E-state index contributed by atoms with van der Waals surface area (Å²) in [6, 6.07) is 6.21.